The molecule has 2 heterocycles. The molecule has 0 unspecified atom stereocenters. The molecule has 0 saturated carbocycles. The van der Waals surface area contributed by atoms with Gasteiger partial charge < -0.3 is 9.88 Å². The second-order valence-electron chi connectivity index (χ2n) is 3.73. The second kappa shape index (κ2) is 5.23. The van der Waals surface area contributed by atoms with Crippen LogP contribution in [0.15, 0.2) is 17.5 Å². The minimum absolute atomic E-state index is 0.780. The normalized spacial score (nSPS) is 10.9. The first-order valence-electron chi connectivity index (χ1n) is 5.35. The fourth-order valence-corrected chi connectivity index (χ4v) is 2.18. The van der Waals surface area contributed by atoms with E-state index in [1.807, 2.05) is 18.5 Å². The molecule has 4 nitrogen and oxygen atoms in total. The zero-order valence-electron chi connectivity index (χ0n) is 9.60. The Bertz CT molecular complexity index is 433. The summed E-state index contributed by atoms with van der Waals surface area (Å²) in [5.74, 6) is 1.94. The van der Waals surface area contributed by atoms with Crippen molar-refractivity contribution in [3.63, 3.8) is 0 Å². The Kier molecular flexibility index (Phi) is 3.69. The van der Waals surface area contributed by atoms with E-state index < -0.39 is 0 Å². The van der Waals surface area contributed by atoms with E-state index >= 15 is 0 Å². The van der Waals surface area contributed by atoms with Crippen LogP contribution in [0.4, 0.5) is 0 Å². The molecule has 2 rings (SSSR count). The Morgan fingerprint density at radius 1 is 1.44 bits per heavy atom. The molecule has 16 heavy (non-hydrogen) atoms. The van der Waals surface area contributed by atoms with Gasteiger partial charge >= 0.3 is 0 Å². The van der Waals surface area contributed by atoms with Crippen molar-refractivity contribution >= 4 is 11.3 Å². The SMILES string of the molecule is Cc1nnc(CNCCc2cccs2)n1C. The van der Waals surface area contributed by atoms with Gasteiger partial charge in [-0.05, 0) is 24.8 Å². The zero-order valence-corrected chi connectivity index (χ0v) is 10.4. The van der Waals surface area contributed by atoms with Crippen molar-refractivity contribution in [2.45, 2.75) is 19.9 Å². The van der Waals surface area contributed by atoms with Crippen molar-refractivity contribution in [3.05, 3.63) is 34.0 Å². The number of nitrogens with one attached hydrogen (secondary N) is 1. The Hall–Kier alpha value is -1.20. The van der Waals surface area contributed by atoms with Gasteiger partial charge in [0.2, 0.25) is 0 Å². The molecule has 0 spiro atoms. The van der Waals surface area contributed by atoms with Gasteiger partial charge in [-0.2, -0.15) is 0 Å². The molecule has 0 aliphatic carbocycles. The summed E-state index contributed by atoms with van der Waals surface area (Å²) in [6.45, 7) is 3.72. The molecule has 0 fully saturated rings. The quantitative estimate of drug-likeness (QED) is 0.800. The van der Waals surface area contributed by atoms with Gasteiger partial charge in [0.1, 0.15) is 11.6 Å². The molecule has 0 aliphatic rings. The lowest BCUT2D eigenvalue weighted by molar-refractivity contribution is 0.635. The van der Waals surface area contributed by atoms with E-state index in [9.17, 15) is 0 Å². The summed E-state index contributed by atoms with van der Waals surface area (Å²) in [5.41, 5.74) is 0. The number of hydrogen-bond acceptors (Lipinski definition) is 4. The highest BCUT2D eigenvalue weighted by Gasteiger charge is 2.03. The van der Waals surface area contributed by atoms with Crippen molar-refractivity contribution < 1.29 is 0 Å². The monoisotopic (exact) mass is 236 g/mol. The third-order valence-corrected chi connectivity index (χ3v) is 3.53. The summed E-state index contributed by atoms with van der Waals surface area (Å²) in [5, 5.41) is 13.6. The van der Waals surface area contributed by atoms with Crippen molar-refractivity contribution in [1.82, 2.24) is 20.1 Å². The van der Waals surface area contributed by atoms with Gasteiger partial charge in [0.25, 0.3) is 0 Å². The highest BCUT2D eigenvalue weighted by molar-refractivity contribution is 7.09. The van der Waals surface area contributed by atoms with Crippen LogP contribution in [-0.4, -0.2) is 21.3 Å². The molecule has 1 N–H and O–H groups in total. The van der Waals surface area contributed by atoms with Gasteiger partial charge in [0, 0.05) is 18.5 Å². The smallest absolute Gasteiger partial charge is 0.146 e. The van der Waals surface area contributed by atoms with Crippen molar-refractivity contribution in [1.29, 1.82) is 0 Å². The molecule has 0 aliphatic heterocycles. The number of thiophene rings is 1. The summed E-state index contributed by atoms with van der Waals surface area (Å²) in [6, 6.07) is 4.25. The molecule has 0 saturated heterocycles. The number of aryl methyl sites for hydroxylation is 1. The van der Waals surface area contributed by atoms with Crippen LogP contribution in [0.25, 0.3) is 0 Å². The van der Waals surface area contributed by atoms with E-state index in [2.05, 4.69) is 33.0 Å². The average Bonchev–Trinajstić information content (AvgIpc) is 2.88. The van der Waals surface area contributed by atoms with E-state index in [0.29, 0.717) is 0 Å². The summed E-state index contributed by atoms with van der Waals surface area (Å²) < 4.78 is 2.01. The van der Waals surface area contributed by atoms with E-state index in [1.165, 1.54) is 4.88 Å². The molecule has 2 aromatic rings. The Morgan fingerprint density at radius 3 is 2.94 bits per heavy atom. The summed E-state index contributed by atoms with van der Waals surface area (Å²) in [4.78, 5) is 1.42. The molecule has 0 atom stereocenters. The van der Waals surface area contributed by atoms with Crippen LogP contribution in [-0.2, 0) is 20.0 Å². The topological polar surface area (TPSA) is 42.7 Å². The van der Waals surface area contributed by atoms with Crippen LogP contribution in [0.5, 0.6) is 0 Å². The van der Waals surface area contributed by atoms with Crippen molar-refractivity contribution in [2.75, 3.05) is 6.54 Å². The van der Waals surface area contributed by atoms with Crippen molar-refractivity contribution in [2.24, 2.45) is 7.05 Å². The number of hydrogen-bond donors (Lipinski definition) is 1. The molecule has 0 amide bonds. The van der Waals surface area contributed by atoms with Crippen LogP contribution < -0.4 is 5.32 Å². The number of aromatic nitrogens is 3. The number of nitrogens with zero attached hydrogens (tertiary/aromatic N) is 3. The molecule has 86 valence electrons. The van der Waals surface area contributed by atoms with Gasteiger partial charge in [-0.3, -0.25) is 0 Å². The third kappa shape index (κ3) is 2.68. The van der Waals surface area contributed by atoms with Crippen molar-refractivity contribution in [3.8, 4) is 0 Å². The minimum Gasteiger partial charge on any atom is -0.317 e. The van der Waals surface area contributed by atoms with E-state index in [1.54, 1.807) is 11.3 Å². The number of rotatable bonds is 5. The predicted octanol–water partition coefficient (Wildman–Crippen LogP) is 1.52. The van der Waals surface area contributed by atoms with E-state index in [-0.39, 0.29) is 0 Å². The second-order valence-corrected chi connectivity index (χ2v) is 4.76. The Labute approximate surface area is 99.3 Å². The summed E-state index contributed by atoms with van der Waals surface area (Å²) >= 11 is 1.80. The zero-order chi connectivity index (χ0) is 11.4. The molecule has 2 aromatic heterocycles. The Balaban J connectivity index is 1.74. The molecule has 0 bridgehead atoms. The Morgan fingerprint density at radius 2 is 2.31 bits per heavy atom. The molecule has 0 aromatic carbocycles. The fourth-order valence-electron chi connectivity index (χ4n) is 1.47. The lowest BCUT2D eigenvalue weighted by atomic mass is 10.3. The maximum atomic E-state index is 4.10. The van der Waals surface area contributed by atoms with Crippen LogP contribution >= 0.6 is 11.3 Å². The van der Waals surface area contributed by atoms with Crippen LogP contribution in [0.2, 0.25) is 0 Å². The lowest BCUT2D eigenvalue weighted by Crippen LogP contribution is -2.18. The highest BCUT2D eigenvalue weighted by Crippen LogP contribution is 2.08. The maximum Gasteiger partial charge on any atom is 0.146 e. The average molecular weight is 236 g/mol. The molecular weight excluding hydrogens is 220 g/mol. The van der Waals surface area contributed by atoms with Gasteiger partial charge in [0.05, 0.1) is 6.54 Å². The summed E-state index contributed by atoms with van der Waals surface area (Å²) in [6.07, 6.45) is 1.08. The summed E-state index contributed by atoms with van der Waals surface area (Å²) in [7, 11) is 1.99. The van der Waals surface area contributed by atoms with Gasteiger partial charge in [0.15, 0.2) is 0 Å². The molecule has 0 radical (unpaired) electrons. The van der Waals surface area contributed by atoms with Gasteiger partial charge in [-0.15, -0.1) is 21.5 Å². The van der Waals surface area contributed by atoms with Gasteiger partial charge in [-0.25, -0.2) is 0 Å². The van der Waals surface area contributed by atoms with Crippen LogP contribution in [0.1, 0.15) is 16.5 Å². The standard InChI is InChI=1S/C11H16N4S/c1-9-13-14-11(15(9)2)8-12-6-5-10-4-3-7-16-10/h3-4,7,12H,5-6,8H2,1-2H3. The first-order valence-corrected chi connectivity index (χ1v) is 6.23. The van der Waals surface area contributed by atoms with E-state index in [4.69, 9.17) is 0 Å². The molecule has 5 heteroatoms. The fraction of sp³-hybridized carbons (Fsp3) is 0.455. The maximum absolute atomic E-state index is 4.10. The predicted molar refractivity (Wildman–Crippen MR) is 65.5 cm³/mol. The first kappa shape index (κ1) is 11.3. The third-order valence-electron chi connectivity index (χ3n) is 2.59. The van der Waals surface area contributed by atoms with Crippen LogP contribution in [0, 0.1) is 6.92 Å². The first-order chi connectivity index (χ1) is 7.77. The van der Waals surface area contributed by atoms with Crippen LogP contribution in [0.3, 0.4) is 0 Å². The van der Waals surface area contributed by atoms with E-state index in [0.717, 1.165) is 31.2 Å². The molecular formula is C11H16N4S. The largest absolute Gasteiger partial charge is 0.317 e. The highest BCUT2D eigenvalue weighted by atomic mass is 32.1. The lowest BCUT2D eigenvalue weighted by Gasteiger charge is -2.03. The van der Waals surface area contributed by atoms with Gasteiger partial charge in [-0.1, -0.05) is 6.07 Å². The minimum atomic E-state index is 0.780.